The molecule has 0 bridgehead atoms. The molecular formula is C16H12BrN3O2. The Bertz CT molecular complexity index is 849. The van der Waals surface area contributed by atoms with Gasteiger partial charge < -0.3 is 10.5 Å². The van der Waals surface area contributed by atoms with E-state index in [1.807, 2.05) is 42.5 Å². The summed E-state index contributed by atoms with van der Waals surface area (Å²) in [5, 5.41) is 0. The number of hydrogen-bond acceptors (Lipinski definition) is 4. The first-order valence-electron chi connectivity index (χ1n) is 6.75. The molecule has 1 amide bonds. The number of carbonyl (C=O) groups excluding carboxylic acids is 1. The van der Waals surface area contributed by atoms with Crippen LogP contribution in [-0.4, -0.2) is 23.8 Å². The molecule has 1 atom stereocenters. The van der Waals surface area contributed by atoms with Gasteiger partial charge in [0.25, 0.3) is 5.91 Å². The Balaban J connectivity index is 2.11. The molecule has 110 valence electrons. The summed E-state index contributed by atoms with van der Waals surface area (Å²) in [5.74, 6) is 1.26. The molecule has 2 aromatic carbocycles. The van der Waals surface area contributed by atoms with Crippen LogP contribution in [0.25, 0.3) is 0 Å². The van der Waals surface area contributed by atoms with Crippen LogP contribution in [0.4, 0.5) is 0 Å². The molecule has 0 radical (unpaired) electrons. The molecule has 6 heteroatoms. The maximum absolute atomic E-state index is 13.0. The maximum atomic E-state index is 13.0. The van der Waals surface area contributed by atoms with Gasteiger partial charge in [0.15, 0.2) is 5.96 Å². The van der Waals surface area contributed by atoms with Gasteiger partial charge in [-0.05, 0) is 24.3 Å². The lowest BCUT2D eigenvalue weighted by Crippen LogP contribution is -2.42. The summed E-state index contributed by atoms with van der Waals surface area (Å²) >= 11 is 3.45. The molecule has 1 spiro atoms. The Morgan fingerprint density at radius 1 is 1.18 bits per heavy atom. The molecule has 1 unspecified atom stereocenters. The van der Waals surface area contributed by atoms with E-state index < -0.39 is 5.54 Å². The van der Waals surface area contributed by atoms with Gasteiger partial charge in [0, 0.05) is 22.6 Å². The highest BCUT2D eigenvalue weighted by Gasteiger charge is 2.54. The first kappa shape index (κ1) is 13.3. The van der Waals surface area contributed by atoms with Gasteiger partial charge in [0.2, 0.25) is 5.54 Å². The highest BCUT2D eigenvalue weighted by Crippen LogP contribution is 2.51. The van der Waals surface area contributed by atoms with Gasteiger partial charge in [-0.25, -0.2) is 4.99 Å². The molecule has 0 aromatic heterocycles. The van der Waals surface area contributed by atoms with Crippen molar-refractivity contribution in [3.8, 4) is 11.5 Å². The molecule has 0 saturated carbocycles. The van der Waals surface area contributed by atoms with E-state index in [2.05, 4.69) is 20.9 Å². The Kier molecular flexibility index (Phi) is 2.62. The van der Waals surface area contributed by atoms with Gasteiger partial charge >= 0.3 is 0 Å². The Morgan fingerprint density at radius 3 is 2.64 bits per heavy atom. The van der Waals surface area contributed by atoms with Gasteiger partial charge in [-0.2, -0.15) is 0 Å². The van der Waals surface area contributed by atoms with Crippen LogP contribution in [0.3, 0.4) is 0 Å². The molecule has 0 aliphatic carbocycles. The molecule has 2 N–H and O–H groups in total. The van der Waals surface area contributed by atoms with E-state index in [9.17, 15) is 4.79 Å². The van der Waals surface area contributed by atoms with Crippen molar-refractivity contribution in [2.24, 2.45) is 10.7 Å². The Labute approximate surface area is 135 Å². The molecule has 2 aliphatic heterocycles. The third kappa shape index (κ3) is 1.53. The molecule has 0 fully saturated rings. The summed E-state index contributed by atoms with van der Waals surface area (Å²) < 4.78 is 6.79. The smallest absolute Gasteiger partial charge is 0.266 e. The fourth-order valence-corrected chi connectivity index (χ4v) is 3.35. The van der Waals surface area contributed by atoms with E-state index in [1.165, 1.54) is 4.90 Å². The summed E-state index contributed by atoms with van der Waals surface area (Å²) in [7, 11) is 1.63. The predicted molar refractivity (Wildman–Crippen MR) is 85.8 cm³/mol. The number of rotatable bonds is 0. The number of likely N-dealkylation sites (N-methyl/N-ethyl adjacent to an activating group) is 1. The predicted octanol–water partition coefficient (Wildman–Crippen LogP) is 2.59. The van der Waals surface area contributed by atoms with Gasteiger partial charge in [0.1, 0.15) is 11.5 Å². The van der Waals surface area contributed by atoms with Crippen molar-refractivity contribution in [1.29, 1.82) is 0 Å². The summed E-state index contributed by atoms with van der Waals surface area (Å²) in [6, 6.07) is 13.0. The van der Waals surface area contributed by atoms with Gasteiger partial charge in [-0.1, -0.05) is 34.1 Å². The largest absolute Gasteiger partial charge is 0.457 e. The van der Waals surface area contributed by atoms with Crippen LogP contribution in [0.15, 0.2) is 51.9 Å². The zero-order valence-electron chi connectivity index (χ0n) is 11.7. The van der Waals surface area contributed by atoms with Crippen molar-refractivity contribution in [2.45, 2.75) is 5.54 Å². The molecule has 0 saturated heterocycles. The summed E-state index contributed by atoms with van der Waals surface area (Å²) in [6.45, 7) is 0. The number of carbonyl (C=O) groups is 1. The molecule has 4 rings (SSSR count). The molecule has 2 heterocycles. The number of halogens is 1. The number of fused-ring (bicyclic) bond motifs is 4. The Hall–Kier alpha value is -2.34. The van der Waals surface area contributed by atoms with E-state index in [0.29, 0.717) is 22.6 Å². The number of nitrogens with zero attached hydrogens (tertiary/aromatic N) is 2. The van der Waals surface area contributed by atoms with Gasteiger partial charge in [-0.3, -0.25) is 9.69 Å². The monoisotopic (exact) mass is 357 g/mol. The lowest BCUT2D eigenvalue weighted by atomic mass is 9.80. The van der Waals surface area contributed by atoms with Crippen molar-refractivity contribution in [3.05, 3.63) is 58.1 Å². The standard InChI is InChI=1S/C16H12BrN3O2/c1-20-14(21)16(19-15(20)18)10-4-2-3-5-12(10)22-13-7-6-9(17)8-11(13)16/h2-8H,1H3,(H2,18,19). The second-order valence-corrected chi connectivity index (χ2v) is 6.20. The van der Waals surface area contributed by atoms with Crippen molar-refractivity contribution < 1.29 is 9.53 Å². The minimum absolute atomic E-state index is 0.180. The van der Waals surface area contributed by atoms with E-state index in [0.717, 1.165) is 4.47 Å². The van der Waals surface area contributed by atoms with E-state index >= 15 is 0 Å². The molecule has 2 aliphatic rings. The summed E-state index contributed by atoms with van der Waals surface area (Å²) in [4.78, 5) is 18.9. The topological polar surface area (TPSA) is 67.9 Å². The van der Waals surface area contributed by atoms with E-state index in [-0.39, 0.29) is 11.9 Å². The number of ether oxygens (including phenoxy) is 1. The Morgan fingerprint density at radius 2 is 1.91 bits per heavy atom. The minimum atomic E-state index is -1.17. The van der Waals surface area contributed by atoms with Crippen LogP contribution in [-0.2, 0) is 10.3 Å². The number of aliphatic imine (C=N–C) groups is 1. The van der Waals surface area contributed by atoms with Crippen LogP contribution in [0.2, 0.25) is 0 Å². The number of para-hydroxylation sites is 1. The van der Waals surface area contributed by atoms with E-state index in [4.69, 9.17) is 10.5 Å². The zero-order valence-corrected chi connectivity index (χ0v) is 13.3. The van der Waals surface area contributed by atoms with Gasteiger partial charge in [-0.15, -0.1) is 0 Å². The van der Waals surface area contributed by atoms with Crippen LogP contribution in [0.1, 0.15) is 11.1 Å². The second-order valence-electron chi connectivity index (χ2n) is 5.28. The number of guanidine groups is 1. The van der Waals surface area contributed by atoms with Crippen LogP contribution in [0.5, 0.6) is 11.5 Å². The molecule has 5 nitrogen and oxygen atoms in total. The van der Waals surface area contributed by atoms with Crippen LogP contribution < -0.4 is 10.5 Å². The summed E-state index contributed by atoms with van der Waals surface area (Å²) in [6.07, 6.45) is 0. The fourth-order valence-electron chi connectivity index (χ4n) is 2.98. The maximum Gasteiger partial charge on any atom is 0.266 e. The number of amides is 1. The van der Waals surface area contributed by atoms with E-state index in [1.54, 1.807) is 7.05 Å². The van der Waals surface area contributed by atoms with Gasteiger partial charge in [0.05, 0.1) is 0 Å². The average Bonchev–Trinajstić information content (AvgIpc) is 2.74. The highest BCUT2D eigenvalue weighted by atomic mass is 79.9. The quantitative estimate of drug-likeness (QED) is 0.787. The first-order chi connectivity index (χ1) is 10.5. The molecule has 2 aromatic rings. The first-order valence-corrected chi connectivity index (χ1v) is 7.54. The third-order valence-electron chi connectivity index (χ3n) is 4.07. The number of benzene rings is 2. The number of hydrogen-bond donors (Lipinski definition) is 1. The highest BCUT2D eigenvalue weighted by molar-refractivity contribution is 9.10. The second kappa shape index (κ2) is 4.33. The zero-order chi connectivity index (χ0) is 15.5. The molecular weight excluding hydrogens is 346 g/mol. The van der Waals surface area contributed by atoms with Crippen molar-refractivity contribution in [1.82, 2.24) is 4.90 Å². The van der Waals surface area contributed by atoms with Crippen molar-refractivity contribution in [2.75, 3.05) is 7.05 Å². The summed E-state index contributed by atoms with van der Waals surface area (Å²) in [5.41, 5.74) is 6.15. The van der Waals surface area contributed by atoms with Crippen molar-refractivity contribution in [3.63, 3.8) is 0 Å². The van der Waals surface area contributed by atoms with Crippen molar-refractivity contribution >= 4 is 27.8 Å². The number of nitrogens with two attached hydrogens (primary N) is 1. The minimum Gasteiger partial charge on any atom is -0.457 e. The fraction of sp³-hybridized carbons (Fsp3) is 0.125. The lowest BCUT2D eigenvalue weighted by Gasteiger charge is -2.33. The normalized spacial score (nSPS) is 22.2. The SMILES string of the molecule is CN1C(=O)C2(N=C1N)c1ccccc1Oc1ccc(Br)cc12. The molecule has 22 heavy (non-hydrogen) atoms. The lowest BCUT2D eigenvalue weighted by molar-refractivity contribution is -0.129. The third-order valence-corrected chi connectivity index (χ3v) is 4.56. The average molecular weight is 358 g/mol. The van der Waals surface area contributed by atoms with Crippen LogP contribution in [0, 0.1) is 0 Å². The van der Waals surface area contributed by atoms with Crippen LogP contribution >= 0.6 is 15.9 Å².